The summed E-state index contributed by atoms with van der Waals surface area (Å²) in [6.07, 6.45) is -4.54. The van der Waals surface area contributed by atoms with Gasteiger partial charge in [0.25, 0.3) is 0 Å². The molecule has 1 atom stereocenters. The average Bonchev–Trinajstić information content (AvgIpc) is 3.04. The summed E-state index contributed by atoms with van der Waals surface area (Å²) in [5.74, 6) is -1.73. The minimum atomic E-state index is -4.47. The second-order valence-electron chi connectivity index (χ2n) is 7.24. The van der Waals surface area contributed by atoms with E-state index in [0.717, 1.165) is 12.1 Å². The van der Waals surface area contributed by atoms with E-state index >= 15 is 0 Å². The molecule has 2 N–H and O–H groups in total. The van der Waals surface area contributed by atoms with Crippen LogP contribution in [0.3, 0.4) is 0 Å². The van der Waals surface area contributed by atoms with Gasteiger partial charge in [-0.1, -0.05) is 23.7 Å². The lowest BCUT2D eigenvalue weighted by Crippen LogP contribution is -2.28. The van der Waals surface area contributed by atoms with E-state index in [-0.39, 0.29) is 42.0 Å². The standard InChI is InChI=1S/C21H19ClF3N3O3/c1-12(29)26-16-5-6-17(22)18(9-16)27-20(31)14-8-19(30)28(11-14)10-13-3-2-4-15(7-13)21(23,24)25/h2-7,9,14H,8,10-11H2,1H3,(H,26,29)(H,27,31). The molecule has 31 heavy (non-hydrogen) atoms. The molecule has 1 aliphatic rings. The van der Waals surface area contributed by atoms with Crippen LogP contribution in [0.4, 0.5) is 24.5 Å². The summed E-state index contributed by atoms with van der Waals surface area (Å²) < 4.78 is 38.7. The Morgan fingerprint density at radius 2 is 1.90 bits per heavy atom. The third kappa shape index (κ3) is 5.75. The highest BCUT2D eigenvalue weighted by molar-refractivity contribution is 6.34. The molecule has 0 spiro atoms. The largest absolute Gasteiger partial charge is 0.416 e. The fourth-order valence-corrected chi connectivity index (χ4v) is 3.47. The maximum absolute atomic E-state index is 12.9. The zero-order valence-corrected chi connectivity index (χ0v) is 17.2. The maximum Gasteiger partial charge on any atom is 0.416 e. The number of alkyl halides is 3. The van der Waals surface area contributed by atoms with Gasteiger partial charge in [-0.05, 0) is 35.9 Å². The quantitative estimate of drug-likeness (QED) is 0.708. The van der Waals surface area contributed by atoms with Gasteiger partial charge in [-0.3, -0.25) is 14.4 Å². The highest BCUT2D eigenvalue weighted by atomic mass is 35.5. The first kappa shape index (κ1) is 22.6. The Morgan fingerprint density at radius 1 is 1.16 bits per heavy atom. The Kier molecular flexibility index (Phi) is 6.54. The third-order valence-electron chi connectivity index (χ3n) is 4.76. The van der Waals surface area contributed by atoms with Crippen LogP contribution in [-0.2, 0) is 27.1 Å². The summed E-state index contributed by atoms with van der Waals surface area (Å²) in [6.45, 7) is 1.39. The van der Waals surface area contributed by atoms with Crippen molar-refractivity contribution < 1.29 is 27.6 Å². The van der Waals surface area contributed by atoms with Crippen molar-refractivity contribution in [1.82, 2.24) is 4.90 Å². The maximum atomic E-state index is 12.9. The summed E-state index contributed by atoms with van der Waals surface area (Å²) in [5, 5.41) is 5.49. The van der Waals surface area contributed by atoms with Crippen LogP contribution < -0.4 is 10.6 Å². The number of likely N-dealkylation sites (tertiary alicyclic amines) is 1. The minimum absolute atomic E-state index is 0.0225. The highest BCUT2D eigenvalue weighted by Gasteiger charge is 2.35. The fourth-order valence-electron chi connectivity index (χ4n) is 3.30. The van der Waals surface area contributed by atoms with E-state index in [2.05, 4.69) is 10.6 Å². The van der Waals surface area contributed by atoms with E-state index in [4.69, 9.17) is 11.6 Å². The third-order valence-corrected chi connectivity index (χ3v) is 5.09. The van der Waals surface area contributed by atoms with E-state index in [1.54, 1.807) is 6.07 Å². The number of nitrogens with one attached hydrogen (secondary N) is 2. The Labute approximate surface area is 181 Å². The SMILES string of the molecule is CC(=O)Nc1ccc(Cl)c(NC(=O)C2CC(=O)N(Cc3cccc(C(F)(F)F)c3)C2)c1. The Morgan fingerprint density at radius 3 is 2.58 bits per heavy atom. The number of carbonyl (C=O) groups excluding carboxylic acids is 3. The van der Waals surface area contributed by atoms with E-state index in [1.165, 1.54) is 36.1 Å². The summed E-state index contributed by atoms with van der Waals surface area (Å²) in [7, 11) is 0. The molecule has 1 heterocycles. The number of nitrogens with zero attached hydrogens (tertiary/aromatic N) is 1. The molecule has 1 aliphatic heterocycles. The molecule has 0 aromatic heterocycles. The Balaban J connectivity index is 1.66. The molecule has 1 unspecified atom stereocenters. The second kappa shape index (κ2) is 8.97. The number of amides is 3. The van der Waals surface area contributed by atoms with Crippen LogP contribution in [0.1, 0.15) is 24.5 Å². The first-order valence-electron chi connectivity index (χ1n) is 9.35. The molecule has 0 radical (unpaired) electrons. The molecule has 0 bridgehead atoms. The predicted molar refractivity (Wildman–Crippen MR) is 109 cm³/mol. The monoisotopic (exact) mass is 453 g/mol. The van der Waals surface area contributed by atoms with Gasteiger partial charge in [0.2, 0.25) is 17.7 Å². The summed E-state index contributed by atoms with van der Waals surface area (Å²) in [4.78, 5) is 37.5. The number of hydrogen-bond acceptors (Lipinski definition) is 3. The molecule has 6 nitrogen and oxygen atoms in total. The van der Waals surface area contributed by atoms with Crippen molar-refractivity contribution in [3.8, 4) is 0 Å². The molecule has 2 aromatic carbocycles. The molecule has 1 fully saturated rings. The van der Waals surface area contributed by atoms with E-state index in [1.807, 2.05) is 0 Å². The topological polar surface area (TPSA) is 78.5 Å². The first-order valence-corrected chi connectivity index (χ1v) is 9.72. The zero-order valence-electron chi connectivity index (χ0n) is 16.4. The van der Waals surface area contributed by atoms with Gasteiger partial charge in [-0.25, -0.2) is 0 Å². The van der Waals surface area contributed by atoms with Gasteiger partial charge in [-0.15, -0.1) is 0 Å². The molecule has 3 rings (SSSR count). The van der Waals surface area contributed by atoms with Crippen LogP contribution in [0.5, 0.6) is 0 Å². The van der Waals surface area contributed by atoms with Crippen molar-refractivity contribution >= 4 is 40.7 Å². The summed E-state index contributed by atoms with van der Waals surface area (Å²) in [6, 6.07) is 9.34. The number of carbonyl (C=O) groups is 3. The van der Waals surface area contributed by atoms with Gasteiger partial charge in [0.1, 0.15) is 0 Å². The molecular formula is C21H19ClF3N3O3. The van der Waals surface area contributed by atoms with Crippen LogP contribution in [0.2, 0.25) is 5.02 Å². The van der Waals surface area contributed by atoms with Crippen LogP contribution in [-0.4, -0.2) is 29.2 Å². The lowest BCUT2D eigenvalue weighted by atomic mass is 10.1. The molecule has 3 amide bonds. The molecule has 0 saturated carbocycles. The Hall–Kier alpha value is -3.07. The second-order valence-corrected chi connectivity index (χ2v) is 7.65. The van der Waals surface area contributed by atoms with Gasteiger partial charge in [0.05, 0.1) is 22.2 Å². The van der Waals surface area contributed by atoms with E-state index < -0.39 is 23.6 Å². The Bertz CT molecular complexity index is 1030. The van der Waals surface area contributed by atoms with E-state index in [0.29, 0.717) is 11.3 Å². The predicted octanol–water partition coefficient (Wildman–Crippen LogP) is 4.30. The van der Waals surface area contributed by atoms with Gasteiger partial charge in [0, 0.05) is 32.1 Å². The van der Waals surface area contributed by atoms with Crippen molar-refractivity contribution in [2.24, 2.45) is 5.92 Å². The van der Waals surface area contributed by atoms with Gasteiger partial charge in [0.15, 0.2) is 0 Å². The lowest BCUT2D eigenvalue weighted by molar-refractivity contribution is -0.137. The summed E-state index contributed by atoms with van der Waals surface area (Å²) >= 11 is 6.10. The van der Waals surface area contributed by atoms with Crippen LogP contribution >= 0.6 is 11.6 Å². The van der Waals surface area contributed by atoms with Crippen molar-refractivity contribution in [2.45, 2.75) is 26.1 Å². The smallest absolute Gasteiger partial charge is 0.338 e. The van der Waals surface area contributed by atoms with Crippen LogP contribution in [0, 0.1) is 5.92 Å². The number of benzene rings is 2. The van der Waals surface area contributed by atoms with Crippen LogP contribution in [0.15, 0.2) is 42.5 Å². The highest BCUT2D eigenvalue weighted by Crippen LogP contribution is 2.31. The fraction of sp³-hybridized carbons (Fsp3) is 0.286. The normalized spacial score (nSPS) is 16.4. The number of halogens is 4. The van der Waals surface area contributed by atoms with Crippen LogP contribution in [0.25, 0.3) is 0 Å². The van der Waals surface area contributed by atoms with E-state index in [9.17, 15) is 27.6 Å². The van der Waals surface area contributed by atoms with Crippen molar-refractivity contribution in [2.75, 3.05) is 17.2 Å². The number of hydrogen-bond donors (Lipinski definition) is 2. The molecule has 0 aliphatic carbocycles. The number of rotatable bonds is 5. The van der Waals surface area contributed by atoms with Crippen molar-refractivity contribution in [3.05, 3.63) is 58.6 Å². The molecule has 1 saturated heterocycles. The lowest BCUT2D eigenvalue weighted by Gasteiger charge is -2.18. The van der Waals surface area contributed by atoms with Gasteiger partial charge >= 0.3 is 6.18 Å². The number of anilines is 2. The van der Waals surface area contributed by atoms with Crippen molar-refractivity contribution in [3.63, 3.8) is 0 Å². The van der Waals surface area contributed by atoms with Gasteiger partial charge in [-0.2, -0.15) is 13.2 Å². The van der Waals surface area contributed by atoms with Gasteiger partial charge < -0.3 is 15.5 Å². The summed E-state index contributed by atoms with van der Waals surface area (Å²) in [5.41, 5.74) is 0.262. The average molecular weight is 454 g/mol. The molecule has 10 heteroatoms. The first-order chi connectivity index (χ1) is 14.5. The van der Waals surface area contributed by atoms with Crippen molar-refractivity contribution in [1.29, 1.82) is 0 Å². The molecule has 2 aromatic rings. The molecular weight excluding hydrogens is 435 g/mol. The zero-order chi connectivity index (χ0) is 22.8. The minimum Gasteiger partial charge on any atom is -0.338 e. The molecule has 164 valence electrons.